The fourth-order valence-electron chi connectivity index (χ4n) is 2.89. The van der Waals surface area contributed by atoms with E-state index in [0.29, 0.717) is 11.4 Å². The van der Waals surface area contributed by atoms with Gasteiger partial charge in [-0.15, -0.1) is 0 Å². The topological polar surface area (TPSA) is 63.2 Å². The van der Waals surface area contributed by atoms with Crippen molar-refractivity contribution < 1.29 is 9.53 Å². The number of benzene rings is 2. The Morgan fingerprint density at radius 3 is 2.34 bits per heavy atom. The van der Waals surface area contributed by atoms with E-state index in [1.165, 1.54) is 5.56 Å². The quantitative estimate of drug-likeness (QED) is 0.496. The van der Waals surface area contributed by atoms with E-state index >= 15 is 0 Å². The standard InChI is InChI=1S/C24H27N3O2/c1-18(2)29-22-13-10-20(11-14-22)27-24(28)23-15-12-21(17-26-23)25-16-6-9-19-7-4-3-5-8-19/h3-5,7-8,10-15,17-18,25H,6,9,16H2,1-2H3,(H,27,28). The molecule has 1 amide bonds. The lowest BCUT2D eigenvalue weighted by molar-refractivity contribution is 0.102. The summed E-state index contributed by atoms with van der Waals surface area (Å²) in [4.78, 5) is 16.6. The van der Waals surface area contributed by atoms with Gasteiger partial charge in [-0.25, -0.2) is 4.98 Å². The minimum Gasteiger partial charge on any atom is -0.491 e. The third kappa shape index (κ3) is 6.64. The van der Waals surface area contributed by atoms with Gasteiger partial charge in [-0.1, -0.05) is 30.3 Å². The molecule has 0 spiro atoms. The van der Waals surface area contributed by atoms with E-state index in [0.717, 1.165) is 30.8 Å². The van der Waals surface area contributed by atoms with Gasteiger partial charge in [0.15, 0.2) is 0 Å². The number of aromatic nitrogens is 1. The lowest BCUT2D eigenvalue weighted by Gasteiger charge is -2.11. The molecule has 1 aromatic heterocycles. The Kier molecular flexibility index (Phi) is 7.22. The van der Waals surface area contributed by atoms with Crippen LogP contribution in [-0.2, 0) is 6.42 Å². The Morgan fingerprint density at radius 2 is 1.69 bits per heavy atom. The first kappa shape index (κ1) is 20.4. The molecule has 0 aliphatic rings. The molecule has 29 heavy (non-hydrogen) atoms. The molecule has 0 unspecified atom stereocenters. The van der Waals surface area contributed by atoms with Crippen LogP contribution in [0.25, 0.3) is 0 Å². The maximum atomic E-state index is 12.4. The summed E-state index contributed by atoms with van der Waals surface area (Å²) in [6.07, 6.45) is 3.87. The normalized spacial score (nSPS) is 10.6. The van der Waals surface area contributed by atoms with Gasteiger partial charge in [0, 0.05) is 12.2 Å². The number of amides is 1. The van der Waals surface area contributed by atoms with Gasteiger partial charge in [-0.05, 0) is 68.7 Å². The van der Waals surface area contributed by atoms with E-state index in [-0.39, 0.29) is 12.0 Å². The maximum Gasteiger partial charge on any atom is 0.274 e. The highest BCUT2D eigenvalue weighted by molar-refractivity contribution is 6.02. The Hall–Kier alpha value is -3.34. The predicted octanol–water partition coefficient (Wildman–Crippen LogP) is 5.17. The molecule has 0 saturated heterocycles. The number of rotatable bonds is 9. The molecule has 0 bridgehead atoms. The fraction of sp³-hybridized carbons (Fsp3) is 0.250. The van der Waals surface area contributed by atoms with Crippen LogP contribution in [0.4, 0.5) is 11.4 Å². The summed E-state index contributed by atoms with van der Waals surface area (Å²) in [5, 5.41) is 6.20. The first-order valence-corrected chi connectivity index (χ1v) is 9.92. The van der Waals surface area contributed by atoms with Crippen LogP contribution in [0.5, 0.6) is 5.75 Å². The second-order valence-corrected chi connectivity index (χ2v) is 7.09. The summed E-state index contributed by atoms with van der Waals surface area (Å²) in [5.74, 6) is 0.539. The molecule has 2 aromatic carbocycles. The minimum absolute atomic E-state index is 0.116. The molecular weight excluding hydrogens is 362 g/mol. The summed E-state index contributed by atoms with van der Waals surface area (Å²) in [6.45, 7) is 4.80. The lowest BCUT2D eigenvalue weighted by atomic mass is 10.1. The van der Waals surface area contributed by atoms with Crippen LogP contribution in [0.2, 0.25) is 0 Å². The number of nitrogens with one attached hydrogen (secondary N) is 2. The third-order valence-electron chi connectivity index (χ3n) is 4.29. The van der Waals surface area contributed by atoms with Crippen molar-refractivity contribution >= 4 is 17.3 Å². The Labute approximate surface area is 172 Å². The molecule has 3 aromatic rings. The Balaban J connectivity index is 1.45. The SMILES string of the molecule is CC(C)Oc1ccc(NC(=O)c2ccc(NCCCc3ccccc3)cn2)cc1. The number of anilines is 2. The lowest BCUT2D eigenvalue weighted by Crippen LogP contribution is -2.14. The van der Waals surface area contributed by atoms with E-state index in [4.69, 9.17) is 4.74 Å². The van der Waals surface area contributed by atoms with E-state index in [2.05, 4.69) is 39.9 Å². The van der Waals surface area contributed by atoms with Crippen molar-refractivity contribution in [3.63, 3.8) is 0 Å². The van der Waals surface area contributed by atoms with Crippen molar-refractivity contribution in [2.24, 2.45) is 0 Å². The van der Waals surface area contributed by atoms with Crippen molar-refractivity contribution in [1.29, 1.82) is 0 Å². The zero-order valence-corrected chi connectivity index (χ0v) is 16.9. The number of carbonyl (C=O) groups is 1. The second-order valence-electron chi connectivity index (χ2n) is 7.09. The van der Waals surface area contributed by atoms with Crippen LogP contribution >= 0.6 is 0 Å². The van der Waals surface area contributed by atoms with E-state index in [1.54, 1.807) is 12.3 Å². The summed E-state index contributed by atoms with van der Waals surface area (Å²) in [5.41, 5.74) is 3.33. The monoisotopic (exact) mass is 389 g/mol. The Morgan fingerprint density at radius 1 is 0.966 bits per heavy atom. The molecule has 5 nitrogen and oxygen atoms in total. The van der Waals surface area contributed by atoms with Crippen molar-refractivity contribution in [3.05, 3.63) is 84.2 Å². The number of ether oxygens (including phenoxy) is 1. The molecule has 0 saturated carbocycles. The van der Waals surface area contributed by atoms with Gasteiger partial charge >= 0.3 is 0 Å². The second kappa shape index (κ2) is 10.3. The average Bonchev–Trinajstić information content (AvgIpc) is 2.73. The smallest absolute Gasteiger partial charge is 0.274 e. The zero-order chi connectivity index (χ0) is 20.5. The van der Waals surface area contributed by atoms with Gasteiger partial charge in [0.05, 0.1) is 18.0 Å². The van der Waals surface area contributed by atoms with Crippen LogP contribution in [0.15, 0.2) is 72.9 Å². The number of nitrogens with zero attached hydrogens (tertiary/aromatic N) is 1. The first-order chi connectivity index (χ1) is 14.1. The van der Waals surface area contributed by atoms with Gasteiger partial charge < -0.3 is 15.4 Å². The number of carbonyl (C=O) groups excluding carboxylic acids is 1. The molecular formula is C24H27N3O2. The van der Waals surface area contributed by atoms with E-state index in [1.807, 2.05) is 50.2 Å². The van der Waals surface area contributed by atoms with Crippen LogP contribution in [-0.4, -0.2) is 23.5 Å². The number of pyridine rings is 1. The fourth-order valence-corrected chi connectivity index (χ4v) is 2.89. The molecule has 150 valence electrons. The molecule has 0 aliphatic carbocycles. The molecule has 0 fully saturated rings. The first-order valence-electron chi connectivity index (χ1n) is 9.92. The Bertz CT molecular complexity index is 892. The minimum atomic E-state index is -0.238. The van der Waals surface area contributed by atoms with Crippen molar-refractivity contribution in [2.75, 3.05) is 17.2 Å². The molecule has 0 radical (unpaired) electrons. The van der Waals surface area contributed by atoms with Gasteiger partial charge in [0.2, 0.25) is 0 Å². The maximum absolute atomic E-state index is 12.4. The summed E-state index contributed by atoms with van der Waals surface area (Å²) in [7, 11) is 0. The van der Waals surface area contributed by atoms with E-state index in [9.17, 15) is 4.79 Å². The van der Waals surface area contributed by atoms with Crippen molar-refractivity contribution in [1.82, 2.24) is 4.98 Å². The molecule has 2 N–H and O–H groups in total. The molecule has 0 aliphatic heterocycles. The number of hydrogen-bond acceptors (Lipinski definition) is 4. The van der Waals surface area contributed by atoms with Gasteiger partial charge in [-0.3, -0.25) is 4.79 Å². The van der Waals surface area contributed by atoms with Gasteiger partial charge in [0.1, 0.15) is 11.4 Å². The van der Waals surface area contributed by atoms with Crippen LogP contribution < -0.4 is 15.4 Å². The van der Waals surface area contributed by atoms with Crippen LogP contribution in [0, 0.1) is 0 Å². The highest BCUT2D eigenvalue weighted by atomic mass is 16.5. The van der Waals surface area contributed by atoms with Crippen molar-refractivity contribution in [3.8, 4) is 5.75 Å². The summed E-state index contributed by atoms with van der Waals surface area (Å²) >= 11 is 0. The third-order valence-corrected chi connectivity index (χ3v) is 4.29. The molecule has 1 heterocycles. The van der Waals surface area contributed by atoms with Crippen molar-refractivity contribution in [2.45, 2.75) is 32.8 Å². The predicted molar refractivity (Wildman–Crippen MR) is 118 cm³/mol. The summed E-state index contributed by atoms with van der Waals surface area (Å²) < 4.78 is 5.61. The van der Waals surface area contributed by atoms with Gasteiger partial charge in [0.25, 0.3) is 5.91 Å². The number of aryl methyl sites for hydroxylation is 1. The van der Waals surface area contributed by atoms with Crippen LogP contribution in [0.1, 0.15) is 36.3 Å². The number of hydrogen-bond donors (Lipinski definition) is 2. The molecule has 0 atom stereocenters. The van der Waals surface area contributed by atoms with Crippen LogP contribution in [0.3, 0.4) is 0 Å². The molecule has 3 rings (SSSR count). The zero-order valence-electron chi connectivity index (χ0n) is 16.9. The highest BCUT2D eigenvalue weighted by Gasteiger charge is 2.08. The average molecular weight is 389 g/mol. The van der Waals surface area contributed by atoms with E-state index < -0.39 is 0 Å². The van der Waals surface area contributed by atoms with Gasteiger partial charge in [-0.2, -0.15) is 0 Å². The largest absolute Gasteiger partial charge is 0.491 e. The highest BCUT2D eigenvalue weighted by Crippen LogP contribution is 2.17. The summed E-state index contributed by atoms with van der Waals surface area (Å²) in [6, 6.07) is 21.3. The molecule has 5 heteroatoms.